The van der Waals surface area contributed by atoms with E-state index in [0.29, 0.717) is 27.1 Å². The van der Waals surface area contributed by atoms with Crippen molar-refractivity contribution >= 4 is 34.1 Å². The van der Waals surface area contributed by atoms with Crippen LogP contribution in [-0.4, -0.2) is 44.9 Å². The van der Waals surface area contributed by atoms with Gasteiger partial charge in [0.1, 0.15) is 5.69 Å². The first-order chi connectivity index (χ1) is 16.8. The summed E-state index contributed by atoms with van der Waals surface area (Å²) in [5.74, 6) is -1.37. The third-order valence-electron chi connectivity index (χ3n) is 5.76. The Hall–Kier alpha value is -3.75. The van der Waals surface area contributed by atoms with Gasteiger partial charge in [0.25, 0.3) is 5.56 Å². The smallest absolute Gasteiger partial charge is 0.354 e. The van der Waals surface area contributed by atoms with Crippen LogP contribution < -0.4 is 5.56 Å². The van der Waals surface area contributed by atoms with Crippen LogP contribution in [0, 0.1) is 0 Å². The molecule has 0 bridgehead atoms. The molecule has 35 heavy (non-hydrogen) atoms. The molecule has 0 spiro atoms. The number of hydrogen-bond donors (Lipinski definition) is 1. The molecule has 0 aliphatic carbocycles. The van der Waals surface area contributed by atoms with Crippen LogP contribution in [0.1, 0.15) is 40.0 Å². The van der Waals surface area contributed by atoms with Crippen molar-refractivity contribution in [2.75, 3.05) is 13.7 Å². The number of ether oxygens (including phenoxy) is 1. The zero-order valence-corrected chi connectivity index (χ0v) is 20.1. The van der Waals surface area contributed by atoms with Crippen LogP contribution in [0.5, 0.6) is 0 Å². The molecule has 180 valence electrons. The molecule has 0 amide bonds. The van der Waals surface area contributed by atoms with Gasteiger partial charge in [-0.25, -0.2) is 4.79 Å². The second-order valence-electron chi connectivity index (χ2n) is 7.99. The monoisotopic (exact) mass is 493 g/mol. The number of pyridine rings is 1. The molecule has 0 radical (unpaired) electrons. The normalized spacial score (nSPS) is 11.2. The minimum atomic E-state index is -1.14. The Morgan fingerprint density at radius 3 is 2.49 bits per heavy atom. The second-order valence-corrected chi connectivity index (χ2v) is 8.43. The van der Waals surface area contributed by atoms with E-state index >= 15 is 0 Å². The van der Waals surface area contributed by atoms with Crippen molar-refractivity contribution in [3.63, 3.8) is 0 Å². The molecule has 2 heterocycles. The Balaban J connectivity index is 2.01. The summed E-state index contributed by atoms with van der Waals surface area (Å²) >= 11 is 6.28. The fraction of sp³-hybridized carbons (Fsp3) is 0.231. The minimum Gasteiger partial charge on any atom is -0.477 e. The lowest BCUT2D eigenvalue weighted by Gasteiger charge is -2.19. The molecule has 0 atom stereocenters. The summed E-state index contributed by atoms with van der Waals surface area (Å²) in [5, 5.41) is 15.4. The summed E-state index contributed by atoms with van der Waals surface area (Å²) in [7, 11) is 1.51. The van der Waals surface area contributed by atoms with Gasteiger partial charge in [-0.1, -0.05) is 48.9 Å². The molecule has 2 aromatic heterocycles. The van der Waals surface area contributed by atoms with E-state index in [0.717, 1.165) is 5.56 Å². The van der Waals surface area contributed by atoms with Crippen LogP contribution in [0.25, 0.3) is 21.9 Å². The van der Waals surface area contributed by atoms with Gasteiger partial charge >= 0.3 is 5.97 Å². The predicted molar refractivity (Wildman–Crippen MR) is 133 cm³/mol. The molecule has 2 aromatic carbocycles. The number of benzene rings is 2. The van der Waals surface area contributed by atoms with Crippen molar-refractivity contribution in [1.82, 2.24) is 14.3 Å². The van der Waals surface area contributed by atoms with E-state index in [1.807, 2.05) is 30.3 Å². The van der Waals surface area contributed by atoms with Gasteiger partial charge < -0.3 is 9.84 Å². The molecule has 9 heteroatoms. The number of aromatic carboxylic acids is 1. The number of nitrogens with zero attached hydrogens (tertiary/aromatic N) is 3. The largest absolute Gasteiger partial charge is 0.477 e. The van der Waals surface area contributed by atoms with E-state index in [4.69, 9.17) is 16.3 Å². The maximum atomic E-state index is 13.7. The van der Waals surface area contributed by atoms with Crippen LogP contribution in [0.4, 0.5) is 0 Å². The van der Waals surface area contributed by atoms with E-state index in [1.54, 1.807) is 25.1 Å². The van der Waals surface area contributed by atoms with Gasteiger partial charge in [-0.3, -0.25) is 18.8 Å². The number of aromatic nitrogens is 3. The zero-order chi connectivity index (χ0) is 25.1. The summed E-state index contributed by atoms with van der Waals surface area (Å²) in [6.45, 7) is 2.17. The summed E-state index contributed by atoms with van der Waals surface area (Å²) in [5.41, 5.74) is 1.55. The van der Waals surface area contributed by atoms with Crippen molar-refractivity contribution in [2.45, 2.75) is 26.4 Å². The van der Waals surface area contributed by atoms with Gasteiger partial charge in [0.15, 0.2) is 5.78 Å². The molecule has 0 saturated carbocycles. The SMILES string of the molecule is CCC(=O)c1c(-c2ccccc2)c2cc(Cl)ccc2c(=O)n1Cc1cc(C(=O)O)n(CCOC)n1. The van der Waals surface area contributed by atoms with Gasteiger partial charge in [-0.05, 0) is 35.2 Å². The number of halogens is 1. The summed E-state index contributed by atoms with van der Waals surface area (Å²) < 4.78 is 7.76. The predicted octanol–water partition coefficient (Wildman–Crippen LogP) is 4.50. The average molecular weight is 494 g/mol. The van der Waals surface area contributed by atoms with Crippen molar-refractivity contribution in [3.05, 3.63) is 87.1 Å². The van der Waals surface area contributed by atoms with Gasteiger partial charge in [0.2, 0.25) is 0 Å². The quantitative estimate of drug-likeness (QED) is 0.344. The third-order valence-corrected chi connectivity index (χ3v) is 5.99. The van der Waals surface area contributed by atoms with Gasteiger partial charge in [0, 0.05) is 29.5 Å². The summed E-state index contributed by atoms with van der Waals surface area (Å²) in [6.07, 6.45) is 0.175. The number of carbonyl (C=O) groups is 2. The molecule has 0 aliphatic heterocycles. The summed E-state index contributed by atoms with van der Waals surface area (Å²) in [4.78, 5) is 38.7. The Morgan fingerprint density at radius 1 is 1.09 bits per heavy atom. The van der Waals surface area contributed by atoms with Crippen LogP contribution in [-0.2, 0) is 17.8 Å². The molecule has 0 saturated heterocycles. The Morgan fingerprint density at radius 2 is 1.83 bits per heavy atom. The van der Waals surface area contributed by atoms with Crippen molar-refractivity contribution < 1.29 is 19.4 Å². The van der Waals surface area contributed by atoms with Crippen molar-refractivity contribution in [3.8, 4) is 11.1 Å². The molecule has 4 aromatic rings. The van der Waals surface area contributed by atoms with E-state index in [9.17, 15) is 19.5 Å². The first-order valence-corrected chi connectivity index (χ1v) is 11.5. The molecule has 0 unspecified atom stereocenters. The number of hydrogen-bond acceptors (Lipinski definition) is 5. The van der Waals surface area contributed by atoms with E-state index in [1.165, 1.54) is 22.4 Å². The number of fused-ring (bicyclic) bond motifs is 1. The first kappa shape index (κ1) is 24.4. The maximum absolute atomic E-state index is 13.7. The van der Waals surface area contributed by atoms with Gasteiger partial charge in [-0.15, -0.1) is 0 Å². The second kappa shape index (κ2) is 10.2. The minimum absolute atomic E-state index is 0.0238. The first-order valence-electron chi connectivity index (χ1n) is 11.1. The number of carboxylic acid groups (broad SMARTS) is 1. The highest BCUT2D eigenvalue weighted by Gasteiger charge is 2.24. The van der Waals surface area contributed by atoms with Crippen LogP contribution in [0.2, 0.25) is 5.02 Å². The highest BCUT2D eigenvalue weighted by Crippen LogP contribution is 2.33. The van der Waals surface area contributed by atoms with Crippen LogP contribution in [0.15, 0.2) is 59.4 Å². The molecule has 8 nitrogen and oxygen atoms in total. The lowest BCUT2D eigenvalue weighted by atomic mass is 9.94. The fourth-order valence-corrected chi connectivity index (χ4v) is 4.33. The van der Waals surface area contributed by atoms with E-state index in [-0.39, 0.29) is 48.8 Å². The lowest BCUT2D eigenvalue weighted by molar-refractivity contribution is 0.0680. The molecule has 1 N–H and O–H groups in total. The van der Waals surface area contributed by atoms with Gasteiger partial charge in [0.05, 0.1) is 31.1 Å². The zero-order valence-electron chi connectivity index (χ0n) is 19.3. The molecule has 0 fully saturated rings. The Labute approximate surface area is 206 Å². The average Bonchev–Trinajstić information content (AvgIpc) is 3.27. The topological polar surface area (TPSA) is 103 Å². The number of carboxylic acids is 1. The maximum Gasteiger partial charge on any atom is 0.354 e. The Kier molecular flexibility index (Phi) is 7.14. The number of rotatable bonds is 9. The third kappa shape index (κ3) is 4.76. The fourth-order valence-electron chi connectivity index (χ4n) is 4.15. The van der Waals surface area contributed by atoms with Crippen LogP contribution >= 0.6 is 11.6 Å². The lowest BCUT2D eigenvalue weighted by Crippen LogP contribution is -2.28. The standard InChI is InChI=1S/C26H24ClN3O5/c1-3-22(31)24-23(16-7-5-4-6-8-16)20-13-17(27)9-10-19(20)25(32)29(24)15-18-14-21(26(33)34)30(28-18)11-12-35-2/h4-10,13-14H,3,11-12,15H2,1-2H3,(H,33,34). The number of Topliss-reactive ketones (excluding diaryl/α,β-unsaturated/α-hetero) is 1. The molecule has 4 rings (SSSR count). The highest BCUT2D eigenvalue weighted by atomic mass is 35.5. The van der Waals surface area contributed by atoms with E-state index in [2.05, 4.69) is 5.10 Å². The highest BCUT2D eigenvalue weighted by molar-refractivity contribution is 6.31. The summed E-state index contributed by atoms with van der Waals surface area (Å²) in [6, 6.07) is 15.7. The molecule has 0 aliphatic rings. The van der Waals surface area contributed by atoms with Crippen molar-refractivity contribution in [1.29, 1.82) is 0 Å². The number of methoxy groups -OCH3 is 1. The molecular weight excluding hydrogens is 470 g/mol. The Bertz CT molecular complexity index is 1470. The van der Waals surface area contributed by atoms with Gasteiger partial charge in [-0.2, -0.15) is 5.10 Å². The van der Waals surface area contributed by atoms with Crippen LogP contribution in [0.3, 0.4) is 0 Å². The molecular formula is C26H24ClN3O5. The van der Waals surface area contributed by atoms with Crippen molar-refractivity contribution in [2.24, 2.45) is 0 Å². The van der Waals surface area contributed by atoms with E-state index < -0.39 is 5.97 Å². The number of ketones is 1. The number of carbonyl (C=O) groups excluding carboxylic acids is 1.